The summed E-state index contributed by atoms with van der Waals surface area (Å²) in [7, 11) is -1.68. The second kappa shape index (κ2) is 6.87. The minimum Gasteiger partial charge on any atom is -0.477 e. The van der Waals surface area contributed by atoms with Gasteiger partial charge in [0, 0.05) is 18.8 Å². The molecule has 8 heteroatoms. The van der Waals surface area contributed by atoms with Crippen molar-refractivity contribution in [1.82, 2.24) is 14.6 Å². The highest BCUT2D eigenvalue weighted by molar-refractivity contribution is 7.89. The fourth-order valence-electron chi connectivity index (χ4n) is 1.53. The molecule has 1 aromatic heterocycles. The van der Waals surface area contributed by atoms with Gasteiger partial charge in [-0.2, -0.15) is 0 Å². The summed E-state index contributed by atoms with van der Waals surface area (Å²) in [6.45, 7) is 5.23. The molecule has 0 saturated carbocycles. The normalized spacial score (nSPS) is 12.2. The molecule has 7 nitrogen and oxygen atoms in total. The van der Waals surface area contributed by atoms with E-state index >= 15 is 0 Å². The smallest absolute Gasteiger partial charge is 0.352 e. The van der Waals surface area contributed by atoms with E-state index < -0.39 is 16.0 Å². The SMILES string of the molecule is CC(C)N(C)CCCNS(=O)(=O)c1c[nH]c(C(=O)O)c1. The molecule has 0 aromatic carbocycles. The minimum atomic E-state index is -3.65. The zero-order valence-corrected chi connectivity index (χ0v) is 12.7. The van der Waals surface area contributed by atoms with Crippen molar-refractivity contribution in [2.75, 3.05) is 20.1 Å². The Morgan fingerprint density at radius 3 is 2.65 bits per heavy atom. The molecular formula is C12H21N3O4S. The van der Waals surface area contributed by atoms with Crippen LogP contribution in [0.1, 0.15) is 30.8 Å². The Morgan fingerprint density at radius 2 is 2.15 bits per heavy atom. The summed E-state index contributed by atoms with van der Waals surface area (Å²) in [5, 5.41) is 8.74. The van der Waals surface area contributed by atoms with Gasteiger partial charge in [-0.1, -0.05) is 0 Å². The first-order chi connectivity index (χ1) is 9.24. The van der Waals surface area contributed by atoms with Crippen molar-refractivity contribution in [3.05, 3.63) is 18.0 Å². The minimum absolute atomic E-state index is 0.0629. The first kappa shape index (κ1) is 16.7. The van der Waals surface area contributed by atoms with Crippen LogP contribution in [0.2, 0.25) is 0 Å². The fourth-order valence-corrected chi connectivity index (χ4v) is 2.60. The van der Waals surface area contributed by atoms with Gasteiger partial charge in [0.1, 0.15) is 10.6 Å². The molecule has 20 heavy (non-hydrogen) atoms. The summed E-state index contributed by atoms with van der Waals surface area (Å²) in [5.41, 5.74) is -0.148. The third-order valence-corrected chi connectivity index (χ3v) is 4.50. The van der Waals surface area contributed by atoms with Gasteiger partial charge in [0.05, 0.1) is 0 Å². The predicted molar refractivity (Wildman–Crippen MR) is 75.3 cm³/mol. The van der Waals surface area contributed by atoms with Crippen molar-refractivity contribution >= 4 is 16.0 Å². The number of H-pyrrole nitrogens is 1. The number of nitrogens with zero attached hydrogens (tertiary/aromatic N) is 1. The zero-order chi connectivity index (χ0) is 15.3. The van der Waals surface area contributed by atoms with E-state index in [2.05, 4.69) is 28.5 Å². The quantitative estimate of drug-likeness (QED) is 0.614. The number of aromatic amines is 1. The lowest BCUT2D eigenvalue weighted by molar-refractivity contribution is 0.0691. The van der Waals surface area contributed by atoms with Gasteiger partial charge in [-0.3, -0.25) is 0 Å². The molecule has 0 aliphatic heterocycles. The number of sulfonamides is 1. The van der Waals surface area contributed by atoms with Crippen LogP contribution in [0, 0.1) is 0 Å². The third-order valence-electron chi connectivity index (χ3n) is 3.06. The maximum absolute atomic E-state index is 11.9. The first-order valence-electron chi connectivity index (χ1n) is 6.35. The summed E-state index contributed by atoms with van der Waals surface area (Å²) >= 11 is 0. The molecule has 0 spiro atoms. The van der Waals surface area contributed by atoms with Gasteiger partial charge in [0.25, 0.3) is 0 Å². The lowest BCUT2D eigenvalue weighted by Gasteiger charge is -2.20. The van der Waals surface area contributed by atoms with E-state index in [9.17, 15) is 13.2 Å². The molecule has 1 aromatic rings. The fraction of sp³-hybridized carbons (Fsp3) is 0.583. The maximum Gasteiger partial charge on any atom is 0.352 e. The average molecular weight is 303 g/mol. The summed E-state index contributed by atoms with van der Waals surface area (Å²) in [5.74, 6) is -1.19. The lowest BCUT2D eigenvalue weighted by Crippen LogP contribution is -2.31. The molecule has 114 valence electrons. The molecule has 0 amide bonds. The molecule has 0 aliphatic carbocycles. The van der Waals surface area contributed by atoms with Crippen molar-refractivity contribution in [3.63, 3.8) is 0 Å². The van der Waals surface area contributed by atoms with Crippen molar-refractivity contribution in [1.29, 1.82) is 0 Å². The van der Waals surface area contributed by atoms with Gasteiger partial charge in [-0.15, -0.1) is 0 Å². The van der Waals surface area contributed by atoms with Gasteiger partial charge in [-0.25, -0.2) is 17.9 Å². The van der Waals surface area contributed by atoms with Gasteiger partial charge in [-0.05, 0) is 39.9 Å². The Balaban J connectivity index is 2.51. The summed E-state index contributed by atoms with van der Waals surface area (Å²) in [6.07, 6.45) is 1.86. The Bertz CT molecular complexity index is 551. The Kier molecular flexibility index (Phi) is 5.73. The van der Waals surface area contributed by atoms with Crippen LogP contribution in [0.5, 0.6) is 0 Å². The average Bonchev–Trinajstić information content (AvgIpc) is 2.84. The van der Waals surface area contributed by atoms with Crippen LogP contribution in [0.25, 0.3) is 0 Å². The molecule has 3 N–H and O–H groups in total. The third kappa shape index (κ3) is 4.62. The van der Waals surface area contributed by atoms with E-state index in [0.717, 1.165) is 12.6 Å². The van der Waals surface area contributed by atoms with Crippen molar-refractivity contribution < 1.29 is 18.3 Å². The highest BCUT2D eigenvalue weighted by Gasteiger charge is 2.17. The molecule has 0 saturated heterocycles. The van der Waals surface area contributed by atoms with Crippen LogP contribution in [-0.4, -0.2) is 55.6 Å². The first-order valence-corrected chi connectivity index (χ1v) is 7.84. The van der Waals surface area contributed by atoms with Gasteiger partial charge in [0.15, 0.2) is 0 Å². The molecule has 0 radical (unpaired) electrons. The number of aromatic nitrogens is 1. The summed E-state index contributed by atoms with van der Waals surface area (Å²) < 4.78 is 26.3. The van der Waals surface area contributed by atoms with E-state index in [1.54, 1.807) is 0 Å². The van der Waals surface area contributed by atoms with E-state index in [0.29, 0.717) is 19.0 Å². The number of carboxylic acid groups (broad SMARTS) is 1. The molecule has 1 heterocycles. The van der Waals surface area contributed by atoms with Crippen LogP contribution in [0.15, 0.2) is 17.2 Å². The van der Waals surface area contributed by atoms with Crippen LogP contribution < -0.4 is 4.72 Å². The summed E-state index contributed by atoms with van der Waals surface area (Å²) in [6, 6.07) is 1.51. The Hall–Kier alpha value is -1.38. The maximum atomic E-state index is 11.9. The molecule has 0 unspecified atom stereocenters. The van der Waals surface area contributed by atoms with Gasteiger partial charge < -0.3 is 15.0 Å². The number of aromatic carboxylic acids is 1. The van der Waals surface area contributed by atoms with Gasteiger partial charge >= 0.3 is 5.97 Å². The van der Waals surface area contributed by atoms with Crippen molar-refractivity contribution in [2.45, 2.75) is 31.2 Å². The predicted octanol–water partition coefficient (Wildman–Crippen LogP) is 0.722. The number of carbonyl (C=O) groups is 1. The molecular weight excluding hydrogens is 282 g/mol. The second-order valence-electron chi connectivity index (χ2n) is 4.88. The second-order valence-corrected chi connectivity index (χ2v) is 6.65. The zero-order valence-electron chi connectivity index (χ0n) is 11.9. The van der Waals surface area contributed by atoms with Crippen molar-refractivity contribution in [2.24, 2.45) is 0 Å². The molecule has 0 bridgehead atoms. The highest BCUT2D eigenvalue weighted by Crippen LogP contribution is 2.10. The lowest BCUT2D eigenvalue weighted by atomic mass is 10.3. The van der Waals surface area contributed by atoms with Gasteiger partial charge in [0.2, 0.25) is 10.0 Å². The topological polar surface area (TPSA) is 103 Å². The van der Waals surface area contributed by atoms with E-state index in [1.165, 1.54) is 6.20 Å². The largest absolute Gasteiger partial charge is 0.477 e. The Labute approximate surface area is 119 Å². The number of nitrogens with one attached hydrogen (secondary N) is 2. The van der Waals surface area contributed by atoms with E-state index in [1.807, 2.05) is 7.05 Å². The Morgan fingerprint density at radius 1 is 1.50 bits per heavy atom. The highest BCUT2D eigenvalue weighted by atomic mass is 32.2. The molecule has 0 atom stereocenters. The summed E-state index contributed by atoms with van der Waals surface area (Å²) in [4.78, 5) is 15.2. The van der Waals surface area contributed by atoms with Crippen LogP contribution in [-0.2, 0) is 10.0 Å². The standard InChI is InChI=1S/C12H21N3O4S/c1-9(2)15(3)6-4-5-14-20(18,19)10-7-11(12(16)17)13-8-10/h7-9,13-14H,4-6H2,1-3H3,(H,16,17). The van der Waals surface area contributed by atoms with Crippen LogP contribution >= 0.6 is 0 Å². The monoisotopic (exact) mass is 303 g/mol. The molecule has 0 fully saturated rings. The van der Waals surface area contributed by atoms with E-state index in [-0.39, 0.29) is 10.6 Å². The van der Waals surface area contributed by atoms with Crippen LogP contribution in [0.4, 0.5) is 0 Å². The number of carboxylic acids is 1. The number of hydrogen-bond donors (Lipinski definition) is 3. The van der Waals surface area contributed by atoms with Crippen LogP contribution in [0.3, 0.4) is 0 Å². The molecule has 1 rings (SSSR count). The number of hydrogen-bond acceptors (Lipinski definition) is 4. The molecule has 0 aliphatic rings. The van der Waals surface area contributed by atoms with E-state index in [4.69, 9.17) is 5.11 Å². The van der Waals surface area contributed by atoms with Crippen molar-refractivity contribution in [3.8, 4) is 0 Å². The number of rotatable bonds is 8.